The molecule has 0 spiro atoms. The monoisotopic (exact) mass is 192 g/mol. The summed E-state index contributed by atoms with van der Waals surface area (Å²) in [5, 5.41) is 0. The van der Waals surface area contributed by atoms with Crippen molar-refractivity contribution in [2.75, 3.05) is 6.26 Å². The van der Waals surface area contributed by atoms with Crippen LogP contribution in [0.4, 0.5) is 0 Å². The van der Waals surface area contributed by atoms with Crippen LogP contribution >= 0.6 is 11.8 Å². The lowest BCUT2D eigenvalue weighted by Gasteiger charge is -2.02. The Morgan fingerprint density at radius 1 is 1.31 bits per heavy atom. The topological polar surface area (TPSA) is 17.1 Å². The Labute approximate surface area is 82.9 Å². The molecule has 0 aliphatic heterocycles. The predicted molar refractivity (Wildman–Crippen MR) is 58.7 cm³/mol. The van der Waals surface area contributed by atoms with Gasteiger partial charge in [-0.25, -0.2) is 0 Å². The molecule has 0 aromatic heterocycles. The van der Waals surface area contributed by atoms with Gasteiger partial charge in [0.25, 0.3) is 0 Å². The number of carbonyl (C=O) groups is 1. The molecule has 0 bridgehead atoms. The molecule has 0 fully saturated rings. The molecule has 0 aliphatic carbocycles. The van der Waals surface area contributed by atoms with Crippen LogP contribution in [0.5, 0.6) is 0 Å². The third-order valence-electron chi connectivity index (χ3n) is 1.78. The Morgan fingerprint density at radius 2 is 1.92 bits per heavy atom. The van der Waals surface area contributed by atoms with Crippen molar-refractivity contribution in [1.29, 1.82) is 0 Å². The van der Waals surface area contributed by atoms with Crippen molar-refractivity contribution < 1.29 is 4.79 Å². The molecule has 0 aliphatic rings. The molecule has 0 radical (unpaired) electrons. The van der Waals surface area contributed by atoms with Crippen LogP contribution in [0.25, 0.3) is 4.91 Å². The van der Waals surface area contributed by atoms with E-state index in [9.17, 15) is 4.79 Å². The highest BCUT2D eigenvalue weighted by atomic mass is 32.2. The van der Waals surface area contributed by atoms with Gasteiger partial charge in [0.2, 0.25) is 0 Å². The molecule has 0 unspecified atom stereocenters. The van der Waals surface area contributed by atoms with Gasteiger partial charge in [0.15, 0.2) is 0 Å². The molecule has 1 aromatic carbocycles. The lowest BCUT2D eigenvalue weighted by atomic mass is 10.1. The number of hydrogen-bond donors (Lipinski definition) is 0. The van der Waals surface area contributed by atoms with E-state index in [1.807, 2.05) is 37.4 Å². The maximum atomic E-state index is 10.3. The van der Waals surface area contributed by atoms with Gasteiger partial charge in [0.05, 0.1) is 0 Å². The van der Waals surface area contributed by atoms with Crippen LogP contribution in [0.3, 0.4) is 0 Å². The van der Waals surface area contributed by atoms with Crippen molar-refractivity contribution >= 4 is 23.0 Å². The van der Waals surface area contributed by atoms with Gasteiger partial charge in [-0.1, -0.05) is 29.8 Å². The van der Waals surface area contributed by atoms with Crippen molar-refractivity contribution in [1.82, 2.24) is 0 Å². The van der Waals surface area contributed by atoms with Gasteiger partial charge in [0.1, 0.15) is 6.29 Å². The summed E-state index contributed by atoms with van der Waals surface area (Å²) in [4.78, 5) is 11.3. The molecule has 0 saturated carbocycles. The van der Waals surface area contributed by atoms with Gasteiger partial charge in [-0.15, -0.1) is 11.8 Å². The maximum absolute atomic E-state index is 10.3. The second kappa shape index (κ2) is 4.87. The fourth-order valence-electron chi connectivity index (χ4n) is 1.06. The smallest absolute Gasteiger partial charge is 0.143 e. The second-order valence-electron chi connectivity index (χ2n) is 2.74. The standard InChI is InChI=1S/C11H12OS/c1-9-3-5-10(6-4-9)11(13-2)7-8-12/h3-8H,1-2H3/b11-7+. The van der Waals surface area contributed by atoms with Crippen LogP contribution in [0.15, 0.2) is 30.3 Å². The number of aldehydes is 1. The second-order valence-corrected chi connectivity index (χ2v) is 3.59. The molecule has 0 saturated heterocycles. The predicted octanol–water partition coefficient (Wildman–Crippen LogP) is 2.90. The van der Waals surface area contributed by atoms with E-state index in [2.05, 4.69) is 0 Å². The Morgan fingerprint density at radius 3 is 2.38 bits per heavy atom. The van der Waals surface area contributed by atoms with E-state index in [0.29, 0.717) is 0 Å². The summed E-state index contributed by atoms with van der Waals surface area (Å²) in [6.45, 7) is 2.05. The van der Waals surface area contributed by atoms with Crippen molar-refractivity contribution in [3.8, 4) is 0 Å². The molecule has 0 heterocycles. The van der Waals surface area contributed by atoms with Gasteiger partial charge < -0.3 is 0 Å². The SMILES string of the molecule is CS/C(=C/C=O)c1ccc(C)cc1. The first-order valence-electron chi connectivity index (χ1n) is 4.04. The molecule has 0 amide bonds. The highest BCUT2D eigenvalue weighted by molar-refractivity contribution is 8.07. The summed E-state index contributed by atoms with van der Waals surface area (Å²) in [6.07, 6.45) is 4.39. The lowest BCUT2D eigenvalue weighted by molar-refractivity contribution is -0.104. The van der Waals surface area contributed by atoms with Gasteiger partial charge >= 0.3 is 0 Å². The number of aryl methyl sites for hydroxylation is 1. The van der Waals surface area contributed by atoms with Crippen LogP contribution in [0.1, 0.15) is 11.1 Å². The van der Waals surface area contributed by atoms with Gasteiger partial charge in [-0.2, -0.15) is 0 Å². The minimum absolute atomic E-state index is 0.825. The van der Waals surface area contributed by atoms with E-state index in [1.54, 1.807) is 17.8 Å². The van der Waals surface area contributed by atoms with E-state index in [-0.39, 0.29) is 0 Å². The van der Waals surface area contributed by atoms with Crippen LogP contribution in [-0.2, 0) is 4.79 Å². The largest absolute Gasteiger partial charge is 0.299 e. The summed E-state index contributed by atoms with van der Waals surface area (Å²) < 4.78 is 0. The van der Waals surface area contributed by atoms with Gasteiger partial charge in [-0.3, -0.25) is 4.79 Å². The Balaban J connectivity index is 2.99. The minimum Gasteiger partial charge on any atom is -0.299 e. The summed E-state index contributed by atoms with van der Waals surface area (Å²) in [7, 11) is 0. The van der Waals surface area contributed by atoms with E-state index in [0.717, 1.165) is 16.8 Å². The summed E-state index contributed by atoms with van der Waals surface area (Å²) in [5.74, 6) is 0. The Kier molecular flexibility index (Phi) is 3.77. The molecule has 1 nitrogen and oxygen atoms in total. The summed E-state index contributed by atoms with van der Waals surface area (Å²) in [6, 6.07) is 8.15. The van der Waals surface area contributed by atoms with Crippen molar-refractivity contribution in [2.45, 2.75) is 6.92 Å². The number of carbonyl (C=O) groups excluding carboxylic acids is 1. The van der Waals surface area contributed by atoms with Crippen molar-refractivity contribution in [2.24, 2.45) is 0 Å². The summed E-state index contributed by atoms with van der Waals surface area (Å²) >= 11 is 1.58. The highest BCUT2D eigenvalue weighted by Crippen LogP contribution is 2.24. The molecule has 68 valence electrons. The van der Waals surface area contributed by atoms with E-state index < -0.39 is 0 Å². The van der Waals surface area contributed by atoms with Crippen LogP contribution in [0, 0.1) is 6.92 Å². The average Bonchev–Trinajstić information content (AvgIpc) is 2.16. The van der Waals surface area contributed by atoms with Crippen LogP contribution in [0.2, 0.25) is 0 Å². The van der Waals surface area contributed by atoms with Crippen LogP contribution in [-0.4, -0.2) is 12.5 Å². The Hall–Kier alpha value is -1.02. The van der Waals surface area contributed by atoms with Crippen LogP contribution < -0.4 is 0 Å². The van der Waals surface area contributed by atoms with Gasteiger partial charge in [0, 0.05) is 4.91 Å². The molecule has 13 heavy (non-hydrogen) atoms. The number of allylic oxidation sites excluding steroid dienone is 1. The first-order chi connectivity index (χ1) is 6.27. The van der Waals surface area contributed by atoms with E-state index in [1.165, 1.54) is 5.56 Å². The fraction of sp³-hybridized carbons (Fsp3) is 0.182. The van der Waals surface area contributed by atoms with Crippen molar-refractivity contribution in [3.05, 3.63) is 41.5 Å². The fourth-order valence-corrected chi connectivity index (χ4v) is 1.63. The third kappa shape index (κ3) is 2.74. The molecular weight excluding hydrogens is 180 g/mol. The normalized spacial score (nSPS) is 11.4. The quantitative estimate of drug-likeness (QED) is 0.541. The number of hydrogen-bond acceptors (Lipinski definition) is 2. The third-order valence-corrected chi connectivity index (χ3v) is 2.59. The van der Waals surface area contributed by atoms with E-state index >= 15 is 0 Å². The first-order valence-corrected chi connectivity index (χ1v) is 5.27. The maximum Gasteiger partial charge on any atom is 0.143 e. The molecule has 2 heteroatoms. The summed E-state index contributed by atoms with van der Waals surface area (Å²) in [5.41, 5.74) is 2.33. The first kappa shape index (κ1) is 10.1. The van der Waals surface area contributed by atoms with Gasteiger partial charge in [-0.05, 0) is 24.8 Å². The lowest BCUT2D eigenvalue weighted by Crippen LogP contribution is -1.80. The average molecular weight is 192 g/mol. The zero-order chi connectivity index (χ0) is 9.68. The highest BCUT2D eigenvalue weighted by Gasteiger charge is 1.97. The molecule has 0 N–H and O–H groups in total. The zero-order valence-corrected chi connectivity index (χ0v) is 8.60. The molecule has 1 aromatic rings. The number of benzene rings is 1. The molecule has 1 rings (SSSR count). The molecule has 0 atom stereocenters. The number of thioether (sulfide) groups is 1. The number of rotatable bonds is 3. The molecular formula is C11H12OS. The van der Waals surface area contributed by atoms with Crippen molar-refractivity contribution in [3.63, 3.8) is 0 Å². The minimum atomic E-state index is 0.825. The zero-order valence-electron chi connectivity index (χ0n) is 7.78. The van der Waals surface area contributed by atoms with E-state index in [4.69, 9.17) is 0 Å². The Bertz CT molecular complexity index is 311.